The molecule has 0 aliphatic carbocycles. The van der Waals surface area contributed by atoms with Gasteiger partial charge >= 0.3 is 5.97 Å². The van der Waals surface area contributed by atoms with Crippen LogP contribution in [0.1, 0.15) is 23.0 Å². The Bertz CT molecular complexity index is 619. The SMILES string of the molecule is CCOC(=O)c1cncn1-c1ccc2c(c1)CCN2. The molecule has 5 nitrogen and oxygen atoms in total. The van der Waals surface area contributed by atoms with Crippen molar-refractivity contribution >= 4 is 11.7 Å². The van der Waals surface area contributed by atoms with Gasteiger partial charge in [0.15, 0.2) is 5.69 Å². The summed E-state index contributed by atoms with van der Waals surface area (Å²) >= 11 is 0. The summed E-state index contributed by atoms with van der Waals surface area (Å²) < 4.78 is 6.79. The van der Waals surface area contributed by atoms with Crippen LogP contribution in [0.4, 0.5) is 5.69 Å². The monoisotopic (exact) mass is 257 g/mol. The van der Waals surface area contributed by atoms with Gasteiger partial charge in [-0.2, -0.15) is 0 Å². The molecule has 0 amide bonds. The van der Waals surface area contributed by atoms with Crippen molar-refractivity contribution < 1.29 is 9.53 Å². The number of fused-ring (bicyclic) bond motifs is 1. The van der Waals surface area contributed by atoms with Gasteiger partial charge in [-0.3, -0.25) is 4.57 Å². The fraction of sp³-hybridized carbons (Fsp3) is 0.286. The number of carbonyl (C=O) groups excluding carboxylic acids is 1. The summed E-state index contributed by atoms with van der Waals surface area (Å²) in [7, 11) is 0. The number of nitrogens with one attached hydrogen (secondary N) is 1. The normalized spacial score (nSPS) is 12.9. The van der Waals surface area contributed by atoms with Crippen molar-refractivity contribution in [3.05, 3.63) is 42.0 Å². The zero-order valence-corrected chi connectivity index (χ0v) is 10.7. The van der Waals surface area contributed by atoms with Gasteiger partial charge in [-0.15, -0.1) is 0 Å². The molecule has 0 spiro atoms. The van der Waals surface area contributed by atoms with Crippen molar-refractivity contribution in [3.8, 4) is 5.69 Å². The maximum atomic E-state index is 11.8. The summed E-state index contributed by atoms with van der Waals surface area (Å²) in [6, 6.07) is 6.09. The minimum absolute atomic E-state index is 0.348. The number of aromatic nitrogens is 2. The van der Waals surface area contributed by atoms with Crippen LogP contribution < -0.4 is 5.32 Å². The molecule has 98 valence electrons. The summed E-state index contributed by atoms with van der Waals surface area (Å²) in [5.74, 6) is -0.348. The van der Waals surface area contributed by atoms with Crippen LogP contribution in [0.3, 0.4) is 0 Å². The Balaban J connectivity index is 1.99. The van der Waals surface area contributed by atoms with Crippen molar-refractivity contribution in [2.75, 3.05) is 18.5 Å². The lowest BCUT2D eigenvalue weighted by atomic mass is 10.1. The third-order valence-electron chi connectivity index (χ3n) is 3.20. The smallest absolute Gasteiger partial charge is 0.356 e. The van der Waals surface area contributed by atoms with Gasteiger partial charge in [0.05, 0.1) is 19.1 Å². The van der Waals surface area contributed by atoms with E-state index in [-0.39, 0.29) is 5.97 Å². The fourth-order valence-electron chi connectivity index (χ4n) is 2.30. The Morgan fingerprint density at radius 3 is 3.26 bits per heavy atom. The summed E-state index contributed by atoms with van der Waals surface area (Å²) in [6.45, 7) is 3.12. The number of imidazole rings is 1. The number of carbonyl (C=O) groups is 1. The molecule has 1 aromatic heterocycles. The maximum absolute atomic E-state index is 11.8. The van der Waals surface area contributed by atoms with Gasteiger partial charge in [0.1, 0.15) is 0 Å². The zero-order valence-electron chi connectivity index (χ0n) is 10.7. The predicted octanol–water partition coefficient (Wildman–Crippen LogP) is 2.02. The molecule has 2 heterocycles. The molecule has 5 heteroatoms. The molecule has 19 heavy (non-hydrogen) atoms. The molecule has 0 saturated carbocycles. The largest absolute Gasteiger partial charge is 0.461 e. The number of anilines is 1. The average Bonchev–Trinajstić information content (AvgIpc) is 3.07. The number of benzene rings is 1. The van der Waals surface area contributed by atoms with E-state index in [9.17, 15) is 4.79 Å². The lowest BCUT2D eigenvalue weighted by molar-refractivity contribution is 0.0517. The lowest BCUT2D eigenvalue weighted by Crippen LogP contribution is -2.10. The molecule has 0 saturated heterocycles. The Hall–Kier alpha value is -2.30. The van der Waals surface area contributed by atoms with Crippen LogP contribution in [-0.2, 0) is 11.2 Å². The molecule has 3 rings (SSSR count). The molecular formula is C14H15N3O2. The highest BCUT2D eigenvalue weighted by Crippen LogP contribution is 2.25. The first kappa shape index (κ1) is 11.8. The molecule has 1 aromatic carbocycles. The second-order valence-corrected chi connectivity index (χ2v) is 4.39. The topological polar surface area (TPSA) is 56.1 Å². The number of hydrogen-bond donors (Lipinski definition) is 1. The van der Waals surface area contributed by atoms with Gasteiger partial charge in [-0.25, -0.2) is 9.78 Å². The number of rotatable bonds is 3. The van der Waals surface area contributed by atoms with Crippen molar-refractivity contribution in [3.63, 3.8) is 0 Å². The fourth-order valence-corrected chi connectivity index (χ4v) is 2.30. The second-order valence-electron chi connectivity index (χ2n) is 4.39. The van der Waals surface area contributed by atoms with E-state index in [0.29, 0.717) is 12.3 Å². The van der Waals surface area contributed by atoms with E-state index in [4.69, 9.17) is 4.74 Å². The molecule has 0 bridgehead atoms. The first-order valence-electron chi connectivity index (χ1n) is 6.36. The summed E-state index contributed by atoms with van der Waals surface area (Å²) in [5, 5.41) is 3.31. The molecule has 1 N–H and O–H groups in total. The lowest BCUT2D eigenvalue weighted by Gasteiger charge is -2.09. The van der Waals surface area contributed by atoms with Crippen LogP contribution in [0, 0.1) is 0 Å². The number of nitrogens with zero attached hydrogens (tertiary/aromatic N) is 2. The van der Waals surface area contributed by atoms with E-state index in [2.05, 4.69) is 16.4 Å². The predicted molar refractivity (Wildman–Crippen MR) is 71.7 cm³/mol. The molecular weight excluding hydrogens is 242 g/mol. The highest BCUT2D eigenvalue weighted by atomic mass is 16.5. The summed E-state index contributed by atoms with van der Waals surface area (Å²) in [4.78, 5) is 15.9. The Kier molecular flexibility index (Phi) is 2.95. The third-order valence-corrected chi connectivity index (χ3v) is 3.20. The molecule has 2 aromatic rings. The van der Waals surface area contributed by atoms with Crippen LogP contribution in [-0.4, -0.2) is 28.7 Å². The van der Waals surface area contributed by atoms with Crippen LogP contribution in [0.5, 0.6) is 0 Å². The van der Waals surface area contributed by atoms with E-state index < -0.39 is 0 Å². The van der Waals surface area contributed by atoms with Crippen LogP contribution in [0.25, 0.3) is 5.69 Å². The minimum Gasteiger partial charge on any atom is -0.461 e. The molecule has 1 aliphatic rings. The van der Waals surface area contributed by atoms with Gasteiger partial charge in [0, 0.05) is 17.9 Å². The first-order chi connectivity index (χ1) is 9.29. The molecule has 0 unspecified atom stereocenters. The van der Waals surface area contributed by atoms with Gasteiger partial charge < -0.3 is 10.1 Å². The zero-order chi connectivity index (χ0) is 13.2. The maximum Gasteiger partial charge on any atom is 0.356 e. The van der Waals surface area contributed by atoms with E-state index in [1.54, 1.807) is 17.8 Å². The average molecular weight is 257 g/mol. The molecule has 0 radical (unpaired) electrons. The Morgan fingerprint density at radius 1 is 1.53 bits per heavy atom. The van der Waals surface area contributed by atoms with E-state index in [1.165, 1.54) is 17.4 Å². The van der Waals surface area contributed by atoms with Crippen LogP contribution >= 0.6 is 0 Å². The van der Waals surface area contributed by atoms with Crippen LogP contribution in [0.15, 0.2) is 30.7 Å². The molecule has 0 fully saturated rings. The van der Waals surface area contributed by atoms with Crippen molar-refractivity contribution in [2.45, 2.75) is 13.3 Å². The van der Waals surface area contributed by atoms with E-state index in [0.717, 1.165) is 18.7 Å². The second kappa shape index (κ2) is 4.76. The summed E-state index contributed by atoms with van der Waals surface area (Å²) in [5.41, 5.74) is 3.82. The quantitative estimate of drug-likeness (QED) is 0.855. The number of hydrogen-bond acceptors (Lipinski definition) is 4. The minimum atomic E-state index is -0.348. The van der Waals surface area contributed by atoms with Gasteiger partial charge in [0.2, 0.25) is 0 Å². The van der Waals surface area contributed by atoms with Crippen LogP contribution in [0.2, 0.25) is 0 Å². The summed E-state index contributed by atoms with van der Waals surface area (Å²) in [6.07, 6.45) is 4.17. The van der Waals surface area contributed by atoms with Gasteiger partial charge in [-0.05, 0) is 37.1 Å². The Labute approximate surface area is 111 Å². The standard InChI is InChI=1S/C14H15N3O2/c1-2-19-14(18)13-8-15-9-17(13)11-3-4-12-10(7-11)5-6-16-12/h3-4,7-9,16H,2,5-6H2,1H3. The molecule has 1 aliphatic heterocycles. The first-order valence-corrected chi connectivity index (χ1v) is 6.36. The van der Waals surface area contributed by atoms with Crippen molar-refractivity contribution in [1.82, 2.24) is 9.55 Å². The van der Waals surface area contributed by atoms with E-state index in [1.807, 2.05) is 12.1 Å². The van der Waals surface area contributed by atoms with Gasteiger partial charge in [-0.1, -0.05) is 0 Å². The number of ether oxygens (including phenoxy) is 1. The Morgan fingerprint density at radius 2 is 2.42 bits per heavy atom. The highest BCUT2D eigenvalue weighted by Gasteiger charge is 2.16. The highest BCUT2D eigenvalue weighted by molar-refractivity contribution is 5.88. The number of esters is 1. The van der Waals surface area contributed by atoms with Crippen molar-refractivity contribution in [1.29, 1.82) is 0 Å². The molecule has 0 atom stereocenters. The third kappa shape index (κ3) is 2.07. The van der Waals surface area contributed by atoms with Gasteiger partial charge in [0.25, 0.3) is 0 Å². The van der Waals surface area contributed by atoms with Crippen molar-refractivity contribution in [2.24, 2.45) is 0 Å². The van der Waals surface area contributed by atoms with E-state index >= 15 is 0 Å².